The predicted octanol–water partition coefficient (Wildman–Crippen LogP) is 2.45. The Morgan fingerprint density at radius 3 is 2.62 bits per heavy atom. The van der Waals surface area contributed by atoms with Gasteiger partial charge in [0.25, 0.3) is 0 Å². The van der Waals surface area contributed by atoms with Crippen LogP contribution in [0.25, 0.3) is 0 Å². The Morgan fingerprint density at radius 2 is 1.95 bits per heavy atom. The van der Waals surface area contributed by atoms with Crippen LogP contribution in [0, 0.1) is 5.92 Å². The van der Waals surface area contributed by atoms with Crippen molar-refractivity contribution in [1.82, 2.24) is 14.8 Å². The fraction of sp³-hybridized carbons (Fsp3) is 0.467. The molecule has 2 heterocycles. The van der Waals surface area contributed by atoms with Crippen molar-refractivity contribution in [3.63, 3.8) is 0 Å². The number of hydrogen-bond acceptors (Lipinski definition) is 2. The Kier molecular flexibility index (Phi) is 2.71. The van der Waals surface area contributed by atoms with Crippen molar-refractivity contribution in [2.45, 2.75) is 37.0 Å². The van der Waals surface area contributed by atoms with Gasteiger partial charge in [-0.1, -0.05) is 30.3 Å². The first-order chi connectivity index (χ1) is 10.1. The van der Waals surface area contributed by atoms with Gasteiger partial charge in [0.15, 0.2) is 25.7 Å². The van der Waals surface area contributed by atoms with Gasteiger partial charge in [0.2, 0.25) is 0 Å². The molecule has 0 unspecified atom stereocenters. The molecule has 0 spiro atoms. The number of aromatic nitrogens is 3. The summed E-state index contributed by atoms with van der Waals surface area (Å²) in [6.07, 6.45) is 0.869. The Bertz CT molecular complexity index is 667. The normalized spacial score (nSPS) is 27.3. The zero-order valence-corrected chi connectivity index (χ0v) is 11.8. The van der Waals surface area contributed by atoms with E-state index in [9.17, 15) is 8.78 Å². The molecule has 3 nitrogen and oxygen atoms in total. The van der Waals surface area contributed by atoms with Crippen molar-refractivity contribution in [3.05, 3.63) is 47.5 Å². The lowest BCUT2D eigenvalue weighted by atomic mass is 9.78. The Hall–Kier alpha value is -1.72. The summed E-state index contributed by atoms with van der Waals surface area (Å²) >= 11 is 0. The zero-order valence-electron chi connectivity index (χ0n) is 11.8. The van der Waals surface area contributed by atoms with Crippen LogP contribution in [-0.4, -0.2) is 22.6 Å². The number of hydrogen-bond donors (Lipinski definition) is 0. The average molecular weight is 287 g/mol. The minimum absolute atomic E-state index is 0.0196. The maximum Gasteiger partial charge on any atom is 0.179 e. The molecule has 0 N–H and O–H groups in total. The van der Waals surface area contributed by atoms with Gasteiger partial charge in [-0.05, 0) is 24.3 Å². The van der Waals surface area contributed by atoms with Crippen LogP contribution in [-0.2, 0) is 5.57 Å². The minimum atomic E-state index is -1.54. The first-order valence-corrected chi connectivity index (χ1v) is 7.42. The van der Waals surface area contributed by atoms with E-state index in [1.165, 1.54) is 7.85 Å². The molecule has 6 heteroatoms. The summed E-state index contributed by atoms with van der Waals surface area (Å²) in [7, 11) is 1.51. The van der Waals surface area contributed by atoms with Crippen molar-refractivity contribution in [2.75, 3.05) is 0 Å². The van der Waals surface area contributed by atoms with Crippen molar-refractivity contribution in [2.24, 2.45) is 5.92 Å². The largest absolute Gasteiger partial charge is 0.245 e. The van der Waals surface area contributed by atoms with Crippen LogP contribution in [0.2, 0.25) is 0 Å². The van der Waals surface area contributed by atoms with Crippen LogP contribution in [0.4, 0.5) is 8.78 Å². The average Bonchev–Trinajstić information content (AvgIpc) is 3.17. The smallest absolute Gasteiger partial charge is 0.179 e. The number of alkyl halides is 2. The van der Waals surface area contributed by atoms with E-state index in [1.54, 1.807) is 4.68 Å². The fourth-order valence-electron chi connectivity index (χ4n) is 3.15. The zero-order chi connectivity index (χ0) is 14.6. The van der Waals surface area contributed by atoms with Crippen LogP contribution in [0.1, 0.15) is 48.7 Å². The van der Waals surface area contributed by atoms with E-state index in [-0.39, 0.29) is 23.6 Å². The topological polar surface area (TPSA) is 30.7 Å². The first-order valence-electron chi connectivity index (χ1n) is 7.42. The standard InChI is InChI=1S/C15H16BF2N3/c16-15(18,10-6-7-10)14-19-13-11(17)8-12(21(13)20-14)9-4-2-1-3-5-9/h1-5,10-12H,6-8,16H2/t11-,12-,15+/m0/s1. The molecule has 2 aromatic rings. The third-order valence-corrected chi connectivity index (χ3v) is 4.63. The van der Waals surface area contributed by atoms with Crippen molar-refractivity contribution >= 4 is 7.85 Å². The van der Waals surface area contributed by atoms with Crippen LogP contribution in [0.15, 0.2) is 30.3 Å². The van der Waals surface area contributed by atoms with Crippen molar-refractivity contribution in [3.8, 4) is 0 Å². The van der Waals surface area contributed by atoms with E-state index in [1.807, 2.05) is 30.3 Å². The van der Waals surface area contributed by atoms with Crippen molar-refractivity contribution < 1.29 is 8.78 Å². The maximum absolute atomic E-state index is 14.8. The quantitative estimate of drug-likeness (QED) is 0.812. The predicted molar refractivity (Wildman–Crippen MR) is 77.1 cm³/mol. The molecule has 4 rings (SSSR count). The van der Waals surface area contributed by atoms with Crippen LogP contribution >= 0.6 is 0 Å². The number of nitrogens with zero attached hydrogens (tertiary/aromatic N) is 3. The van der Waals surface area contributed by atoms with Crippen LogP contribution in [0.3, 0.4) is 0 Å². The molecule has 21 heavy (non-hydrogen) atoms. The lowest BCUT2D eigenvalue weighted by Crippen LogP contribution is -2.25. The third kappa shape index (κ3) is 2.00. The summed E-state index contributed by atoms with van der Waals surface area (Å²) in [6.45, 7) is 0. The van der Waals surface area contributed by atoms with Gasteiger partial charge in [-0.15, -0.1) is 0 Å². The lowest BCUT2D eigenvalue weighted by Gasteiger charge is -2.17. The Morgan fingerprint density at radius 1 is 1.24 bits per heavy atom. The molecule has 1 aliphatic carbocycles. The summed E-state index contributed by atoms with van der Waals surface area (Å²) in [5.74, 6) is 0.389. The molecule has 0 bridgehead atoms. The van der Waals surface area contributed by atoms with Gasteiger partial charge in [-0.3, -0.25) is 0 Å². The van der Waals surface area contributed by atoms with Crippen molar-refractivity contribution in [1.29, 1.82) is 0 Å². The molecule has 1 aliphatic heterocycles. The van der Waals surface area contributed by atoms with Gasteiger partial charge in [0.05, 0.1) is 6.04 Å². The number of halogens is 2. The van der Waals surface area contributed by atoms with Gasteiger partial charge >= 0.3 is 0 Å². The third-order valence-electron chi connectivity index (χ3n) is 4.63. The summed E-state index contributed by atoms with van der Waals surface area (Å²) in [4.78, 5) is 4.18. The second-order valence-corrected chi connectivity index (χ2v) is 6.22. The Balaban J connectivity index is 1.74. The molecule has 1 fully saturated rings. The second kappa shape index (κ2) is 4.39. The molecule has 0 amide bonds. The molecule has 0 saturated heterocycles. The summed E-state index contributed by atoms with van der Waals surface area (Å²) in [5.41, 5.74) is -0.555. The molecule has 3 atom stereocenters. The molecule has 1 aromatic heterocycles. The van der Waals surface area contributed by atoms with Gasteiger partial charge in [-0.25, -0.2) is 18.4 Å². The van der Waals surface area contributed by atoms with E-state index in [4.69, 9.17) is 0 Å². The lowest BCUT2D eigenvalue weighted by molar-refractivity contribution is 0.227. The Labute approximate surface area is 122 Å². The van der Waals surface area contributed by atoms with E-state index in [2.05, 4.69) is 10.1 Å². The number of rotatable bonds is 3. The SMILES string of the molecule is B[C@](F)(c1nc2n(n1)[C@H](c1ccccc1)C[C@@H]2F)C1CC1. The molecule has 1 saturated carbocycles. The van der Waals surface area contributed by atoms with Crippen LogP contribution in [0.5, 0.6) is 0 Å². The highest BCUT2D eigenvalue weighted by atomic mass is 19.1. The van der Waals surface area contributed by atoms with E-state index in [0.717, 1.165) is 18.4 Å². The van der Waals surface area contributed by atoms with Gasteiger partial charge in [0.1, 0.15) is 5.57 Å². The summed E-state index contributed by atoms with van der Waals surface area (Å²) in [5, 5.41) is 4.32. The second-order valence-electron chi connectivity index (χ2n) is 6.22. The van der Waals surface area contributed by atoms with Gasteiger partial charge in [-0.2, -0.15) is 5.10 Å². The molecule has 108 valence electrons. The van der Waals surface area contributed by atoms with E-state index >= 15 is 0 Å². The number of benzene rings is 1. The summed E-state index contributed by atoms with van der Waals surface area (Å²) < 4.78 is 30.6. The molecular weight excluding hydrogens is 271 g/mol. The summed E-state index contributed by atoms with van der Waals surface area (Å²) in [6, 6.07) is 9.47. The van der Waals surface area contributed by atoms with E-state index < -0.39 is 11.7 Å². The van der Waals surface area contributed by atoms with Crippen LogP contribution < -0.4 is 0 Å². The fourth-order valence-corrected chi connectivity index (χ4v) is 3.15. The first kappa shape index (κ1) is 13.0. The molecule has 2 aliphatic rings. The molecule has 1 aromatic carbocycles. The molecule has 0 radical (unpaired) electrons. The monoisotopic (exact) mass is 287 g/mol. The highest BCUT2D eigenvalue weighted by Gasteiger charge is 2.47. The van der Waals surface area contributed by atoms with Gasteiger partial charge in [0, 0.05) is 6.42 Å². The maximum atomic E-state index is 14.8. The minimum Gasteiger partial charge on any atom is -0.245 e. The van der Waals surface area contributed by atoms with Gasteiger partial charge < -0.3 is 0 Å². The molecular formula is C15H16BF2N3. The highest BCUT2D eigenvalue weighted by Crippen LogP contribution is 2.47. The highest BCUT2D eigenvalue weighted by molar-refractivity contribution is 6.14. The number of fused-ring (bicyclic) bond motifs is 1. The van der Waals surface area contributed by atoms with E-state index in [0.29, 0.717) is 6.42 Å².